The van der Waals surface area contributed by atoms with E-state index in [9.17, 15) is 4.79 Å². The van der Waals surface area contributed by atoms with Crippen molar-refractivity contribution in [3.63, 3.8) is 0 Å². The SMILES string of the molecule is C=C1C=C[C@H](C(C)C)CCC(=O)[C@@H]2O[C@@H]2C1. The van der Waals surface area contributed by atoms with Gasteiger partial charge in [0.05, 0.1) is 6.10 Å². The lowest BCUT2D eigenvalue weighted by atomic mass is 9.88. The lowest BCUT2D eigenvalue weighted by Crippen LogP contribution is -2.15. The van der Waals surface area contributed by atoms with Crippen molar-refractivity contribution in [2.45, 2.75) is 45.3 Å². The normalized spacial score (nSPS) is 35.1. The summed E-state index contributed by atoms with van der Waals surface area (Å²) in [6.45, 7) is 8.40. The Morgan fingerprint density at radius 1 is 1.50 bits per heavy atom. The summed E-state index contributed by atoms with van der Waals surface area (Å²) >= 11 is 0. The fourth-order valence-corrected chi connectivity index (χ4v) is 2.27. The summed E-state index contributed by atoms with van der Waals surface area (Å²) in [7, 11) is 0. The first-order valence-corrected chi connectivity index (χ1v) is 6.12. The van der Waals surface area contributed by atoms with Crippen molar-refractivity contribution in [3.05, 3.63) is 24.3 Å². The predicted octanol–water partition coefficient (Wildman–Crippen LogP) is 2.89. The number of allylic oxidation sites excluding steroid dienone is 2. The van der Waals surface area contributed by atoms with Crippen LogP contribution in [0.25, 0.3) is 0 Å². The maximum absolute atomic E-state index is 11.8. The number of ether oxygens (including phenoxy) is 1. The maximum atomic E-state index is 11.8. The monoisotopic (exact) mass is 220 g/mol. The van der Waals surface area contributed by atoms with E-state index in [0.717, 1.165) is 18.4 Å². The standard InChI is InChI=1S/C14H20O2/c1-9(2)11-5-4-10(3)8-13-14(16-13)12(15)7-6-11/h4-5,9,11,13-14H,3,6-8H2,1-2H3/t11-,13+,14-/m0/s1. The summed E-state index contributed by atoms with van der Waals surface area (Å²) < 4.78 is 5.38. The molecule has 1 saturated heterocycles. The number of hydrogen-bond donors (Lipinski definition) is 0. The van der Waals surface area contributed by atoms with E-state index in [1.165, 1.54) is 0 Å². The maximum Gasteiger partial charge on any atom is 0.164 e. The van der Waals surface area contributed by atoms with Crippen molar-refractivity contribution in [1.29, 1.82) is 0 Å². The van der Waals surface area contributed by atoms with E-state index in [0.29, 0.717) is 18.3 Å². The minimum Gasteiger partial charge on any atom is -0.361 e. The van der Waals surface area contributed by atoms with Crippen LogP contribution in [0.2, 0.25) is 0 Å². The van der Waals surface area contributed by atoms with Crippen LogP contribution in [0.15, 0.2) is 24.3 Å². The molecular formula is C14H20O2. The van der Waals surface area contributed by atoms with E-state index in [-0.39, 0.29) is 18.0 Å². The molecule has 88 valence electrons. The van der Waals surface area contributed by atoms with E-state index in [2.05, 4.69) is 32.6 Å². The van der Waals surface area contributed by atoms with Crippen LogP contribution >= 0.6 is 0 Å². The van der Waals surface area contributed by atoms with Gasteiger partial charge >= 0.3 is 0 Å². The molecule has 0 spiro atoms. The molecule has 0 aromatic heterocycles. The molecular weight excluding hydrogens is 200 g/mol. The molecule has 16 heavy (non-hydrogen) atoms. The lowest BCUT2D eigenvalue weighted by Gasteiger charge is -2.17. The molecule has 0 amide bonds. The fraction of sp³-hybridized carbons (Fsp3) is 0.643. The van der Waals surface area contributed by atoms with Crippen LogP contribution in [0.4, 0.5) is 0 Å². The summed E-state index contributed by atoms with van der Waals surface area (Å²) in [6.07, 6.45) is 6.70. The number of carbonyl (C=O) groups is 1. The van der Waals surface area contributed by atoms with Crippen molar-refractivity contribution >= 4 is 5.78 Å². The van der Waals surface area contributed by atoms with Crippen LogP contribution in [0.3, 0.4) is 0 Å². The van der Waals surface area contributed by atoms with E-state index in [4.69, 9.17) is 4.74 Å². The van der Waals surface area contributed by atoms with E-state index < -0.39 is 0 Å². The Bertz CT molecular complexity index is 328. The number of Topliss-reactive ketones (excluding diaryl/α,β-unsaturated/α-hetero) is 1. The van der Waals surface area contributed by atoms with Crippen LogP contribution in [-0.2, 0) is 9.53 Å². The molecule has 2 heteroatoms. The van der Waals surface area contributed by atoms with Gasteiger partial charge in [-0.1, -0.05) is 38.2 Å². The van der Waals surface area contributed by atoms with Gasteiger partial charge in [-0.2, -0.15) is 0 Å². The van der Waals surface area contributed by atoms with Crippen molar-refractivity contribution in [1.82, 2.24) is 0 Å². The summed E-state index contributed by atoms with van der Waals surface area (Å²) in [5, 5.41) is 0. The Hall–Kier alpha value is -0.890. The van der Waals surface area contributed by atoms with Gasteiger partial charge in [0.2, 0.25) is 0 Å². The van der Waals surface area contributed by atoms with E-state index >= 15 is 0 Å². The van der Waals surface area contributed by atoms with Gasteiger partial charge in [-0.15, -0.1) is 0 Å². The van der Waals surface area contributed by atoms with Crippen LogP contribution in [0, 0.1) is 11.8 Å². The average Bonchev–Trinajstić information content (AvgIpc) is 2.95. The van der Waals surface area contributed by atoms with Gasteiger partial charge in [0.25, 0.3) is 0 Å². The van der Waals surface area contributed by atoms with E-state index in [1.54, 1.807) is 0 Å². The molecule has 2 rings (SSSR count). The highest BCUT2D eigenvalue weighted by Crippen LogP contribution is 2.33. The van der Waals surface area contributed by atoms with Crippen LogP contribution < -0.4 is 0 Å². The van der Waals surface area contributed by atoms with Gasteiger partial charge < -0.3 is 4.74 Å². The Morgan fingerprint density at radius 3 is 2.94 bits per heavy atom. The number of carbonyl (C=O) groups excluding carboxylic acids is 1. The van der Waals surface area contributed by atoms with Crippen molar-refractivity contribution in [3.8, 4) is 0 Å². The number of ketones is 1. The molecule has 0 saturated carbocycles. The molecule has 3 atom stereocenters. The van der Waals surface area contributed by atoms with Crippen molar-refractivity contribution < 1.29 is 9.53 Å². The van der Waals surface area contributed by atoms with Crippen LogP contribution in [0.1, 0.15) is 33.1 Å². The summed E-state index contributed by atoms with van der Waals surface area (Å²) in [6, 6.07) is 0. The minimum absolute atomic E-state index is 0.111. The Balaban J connectivity index is 2.08. The molecule has 0 unspecified atom stereocenters. The zero-order valence-electron chi connectivity index (χ0n) is 10.1. The number of rotatable bonds is 1. The third kappa shape index (κ3) is 2.62. The van der Waals surface area contributed by atoms with Gasteiger partial charge in [-0.05, 0) is 18.3 Å². The molecule has 1 heterocycles. The second kappa shape index (κ2) is 4.54. The first-order valence-electron chi connectivity index (χ1n) is 6.12. The molecule has 1 aliphatic heterocycles. The molecule has 1 fully saturated rings. The fourth-order valence-electron chi connectivity index (χ4n) is 2.27. The van der Waals surface area contributed by atoms with Gasteiger partial charge in [0.1, 0.15) is 6.10 Å². The molecule has 0 aromatic rings. The smallest absolute Gasteiger partial charge is 0.164 e. The largest absolute Gasteiger partial charge is 0.361 e. The van der Waals surface area contributed by atoms with Crippen molar-refractivity contribution in [2.75, 3.05) is 0 Å². The van der Waals surface area contributed by atoms with Crippen LogP contribution in [0.5, 0.6) is 0 Å². The first kappa shape index (κ1) is 11.6. The zero-order valence-corrected chi connectivity index (χ0v) is 10.1. The van der Waals surface area contributed by atoms with Gasteiger partial charge in [0.15, 0.2) is 5.78 Å². The third-order valence-corrected chi connectivity index (χ3v) is 3.52. The first-order chi connectivity index (χ1) is 7.58. The Kier molecular flexibility index (Phi) is 3.29. The summed E-state index contributed by atoms with van der Waals surface area (Å²) in [5.41, 5.74) is 1.08. The quantitative estimate of drug-likeness (QED) is 0.636. The van der Waals surface area contributed by atoms with Crippen LogP contribution in [-0.4, -0.2) is 18.0 Å². The predicted molar refractivity (Wildman–Crippen MR) is 64.1 cm³/mol. The Labute approximate surface area is 97.4 Å². The molecule has 0 N–H and O–H groups in total. The van der Waals surface area contributed by atoms with Gasteiger partial charge in [-0.3, -0.25) is 4.79 Å². The highest BCUT2D eigenvalue weighted by Gasteiger charge is 2.44. The number of fused-ring (bicyclic) bond motifs is 1. The molecule has 0 bridgehead atoms. The highest BCUT2D eigenvalue weighted by molar-refractivity contribution is 5.86. The second-order valence-electron chi connectivity index (χ2n) is 5.23. The van der Waals surface area contributed by atoms with Crippen molar-refractivity contribution in [2.24, 2.45) is 11.8 Å². The minimum atomic E-state index is -0.129. The molecule has 1 aliphatic carbocycles. The molecule has 2 aliphatic rings. The van der Waals surface area contributed by atoms with E-state index in [1.807, 2.05) is 0 Å². The number of epoxide rings is 1. The second-order valence-corrected chi connectivity index (χ2v) is 5.23. The average molecular weight is 220 g/mol. The molecule has 0 radical (unpaired) electrons. The molecule has 0 aromatic carbocycles. The highest BCUT2D eigenvalue weighted by atomic mass is 16.6. The van der Waals surface area contributed by atoms with Gasteiger partial charge in [0, 0.05) is 12.8 Å². The summed E-state index contributed by atoms with van der Waals surface area (Å²) in [5.74, 6) is 1.34. The third-order valence-electron chi connectivity index (χ3n) is 3.52. The zero-order chi connectivity index (χ0) is 11.7. The topological polar surface area (TPSA) is 29.6 Å². The van der Waals surface area contributed by atoms with Gasteiger partial charge in [-0.25, -0.2) is 0 Å². The molecule has 2 nitrogen and oxygen atoms in total. The summed E-state index contributed by atoms with van der Waals surface area (Å²) in [4.78, 5) is 11.8. The Morgan fingerprint density at radius 2 is 2.25 bits per heavy atom. The lowest BCUT2D eigenvalue weighted by molar-refractivity contribution is -0.120. The number of hydrogen-bond acceptors (Lipinski definition) is 2.